The third-order valence-corrected chi connectivity index (χ3v) is 5.40. The van der Waals surface area contributed by atoms with Crippen LogP contribution in [0.25, 0.3) is 20.8 Å². The fourth-order valence-corrected chi connectivity index (χ4v) is 3.90. The largest absolute Gasteiger partial charge is 0.507 e. The quantitative estimate of drug-likeness (QED) is 0.478. The van der Waals surface area contributed by atoms with Crippen molar-refractivity contribution in [3.05, 3.63) is 72.3 Å². The van der Waals surface area contributed by atoms with Crippen LogP contribution < -0.4 is 10.1 Å². The van der Waals surface area contributed by atoms with Crippen molar-refractivity contribution < 1.29 is 14.6 Å². The molecule has 0 fully saturated rings. The maximum atomic E-state index is 12.4. The number of thiazole rings is 1. The lowest BCUT2D eigenvalue weighted by atomic mass is 10.1. The first-order valence-electron chi connectivity index (χ1n) is 8.74. The van der Waals surface area contributed by atoms with E-state index < -0.39 is 0 Å². The fourth-order valence-electron chi connectivity index (χ4n) is 2.91. The summed E-state index contributed by atoms with van der Waals surface area (Å²) in [5.41, 5.74) is 2.99. The van der Waals surface area contributed by atoms with Crippen LogP contribution in [0.15, 0.2) is 66.7 Å². The number of hydrogen-bond acceptors (Lipinski definition) is 5. The molecule has 1 aromatic heterocycles. The minimum Gasteiger partial charge on any atom is -0.507 e. The predicted octanol–water partition coefficient (Wildman–Crippen LogP) is 4.86. The Morgan fingerprint density at radius 1 is 1.11 bits per heavy atom. The highest BCUT2D eigenvalue weighted by Gasteiger charge is 2.12. The van der Waals surface area contributed by atoms with Gasteiger partial charge in [0.1, 0.15) is 16.5 Å². The summed E-state index contributed by atoms with van der Waals surface area (Å²) in [6.07, 6.45) is 0.251. The highest BCUT2D eigenvalue weighted by Crippen LogP contribution is 2.36. The van der Waals surface area contributed by atoms with E-state index >= 15 is 0 Å². The molecule has 28 heavy (non-hydrogen) atoms. The Hall–Kier alpha value is -3.38. The zero-order valence-electron chi connectivity index (χ0n) is 15.2. The van der Waals surface area contributed by atoms with Crippen LogP contribution in [-0.2, 0) is 11.2 Å². The molecular weight excluding hydrogens is 372 g/mol. The molecule has 0 radical (unpaired) electrons. The van der Waals surface area contributed by atoms with Gasteiger partial charge >= 0.3 is 0 Å². The van der Waals surface area contributed by atoms with Gasteiger partial charge in [0.2, 0.25) is 5.91 Å². The Morgan fingerprint density at radius 2 is 1.89 bits per heavy atom. The molecule has 6 heteroatoms. The van der Waals surface area contributed by atoms with Gasteiger partial charge in [-0.2, -0.15) is 0 Å². The number of anilines is 1. The summed E-state index contributed by atoms with van der Waals surface area (Å²) < 4.78 is 6.18. The number of aromatic nitrogens is 1. The first kappa shape index (κ1) is 18.0. The predicted molar refractivity (Wildman–Crippen MR) is 112 cm³/mol. The maximum Gasteiger partial charge on any atom is 0.228 e. The van der Waals surface area contributed by atoms with Gasteiger partial charge < -0.3 is 15.2 Å². The van der Waals surface area contributed by atoms with E-state index in [9.17, 15) is 9.90 Å². The molecule has 2 N–H and O–H groups in total. The number of nitrogens with zero attached hydrogens (tertiary/aromatic N) is 1. The molecule has 1 heterocycles. The molecule has 140 valence electrons. The Balaban J connectivity index is 1.53. The van der Waals surface area contributed by atoms with Crippen molar-refractivity contribution in [1.29, 1.82) is 0 Å². The molecule has 0 saturated carbocycles. The molecule has 0 atom stereocenters. The minimum atomic E-state index is -0.133. The van der Waals surface area contributed by atoms with Gasteiger partial charge in [0.25, 0.3) is 0 Å². The molecular formula is C22H18N2O3S. The topological polar surface area (TPSA) is 71.5 Å². The number of fused-ring (bicyclic) bond motifs is 1. The summed E-state index contributed by atoms with van der Waals surface area (Å²) in [6, 6.07) is 20.2. The lowest BCUT2D eigenvalue weighted by Crippen LogP contribution is -2.14. The molecule has 3 aromatic carbocycles. The molecule has 1 amide bonds. The second-order valence-electron chi connectivity index (χ2n) is 6.29. The number of amides is 1. The molecule has 4 aromatic rings. The second-order valence-corrected chi connectivity index (χ2v) is 7.32. The summed E-state index contributed by atoms with van der Waals surface area (Å²) in [5.74, 6) is 0.751. The van der Waals surface area contributed by atoms with E-state index in [4.69, 9.17) is 4.74 Å². The van der Waals surface area contributed by atoms with Gasteiger partial charge in [-0.15, -0.1) is 11.3 Å². The van der Waals surface area contributed by atoms with Crippen molar-refractivity contribution in [3.8, 4) is 22.1 Å². The standard InChI is InChI=1S/C22H18N2O3S/c1-27-16-9-6-14(7-10-16)12-21(26)23-15-8-11-19(25)17(13-15)22-24-18-4-2-3-5-20(18)28-22/h2-11,13,25H,12H2,1H3,(H,23,26). The van der Waals surface area contributed by atoms with Crippen LogP contribution in [-0.4, -0.2) is 23.1 Å². The number of hydrogen-bond donors (Lipinski definition) is 2. The van der Waals surface area contributed by atoms with Crippen molar-refractivity contribution >= 4 is 33.1 Å². The molecule has 0 aliphatic carbocycles. The number of aromatic hydroxyl groups is 1. The fraction of sp³-hybridized carbons (Fsp3) is 0.0909. The third-order valence-electron chi connectivity index (χ3n) is 4.33. The number of carbonyl (C=O) groups is 1. The SMILES string of the molecule is COc1ccc(CC(=O)Nc2ccc(O)c(-c3nc4ccccc4s3)c2)cc1. The van der Waals surface area contributed by atoms with E-state index in [1.54, 1.807) is 25.3 Å². The average molecular weight is 390 g/mol. The number of methoxy groups -OCH3 is 1. The minimum absolute atomic E-state index is 0.132. The molecule has 0 aliphatic rings. The average Bonchev–Trinajstić information content (AvgIpc) is 3.14. The summed E-state index contributed by atoms with van der Waals surface area (Å²) in [5, 5.41) is 13.9. The van der Waals surface area contributed by atoms with Gasteiger partial charge in [0.05, 0.1) is 29.3 Å². The number of nitrogens with one attached hydrogen (secondary N) is 1. The lowest BCUT2D eigenvalue weighted by molar-refractivity contribution is -0.115. The van der Waals surface area contributed by atoms with Crippen molar-refractivity contribution in [2.24, 2.45) is 0 Å². The second kappa shape index (κ2) is 7.70. The molecule has 5 nitrogen and oxygen atoms in total. The lowest BCUT2D eigenvalue weighted by Gasteiger charge is -2.08. The van der Waals surface area contributed by atoms with E-state index in [2.05, 4.69) is 10.3 Å². The van der Waals surface area contributed by atoms with Crippen LogP contribution in [0.2, 0.25) is 0 Å². The Kier molecular flexibility index (Phi) is 4.95. The van der Waals surface area contributed by atoms with Crippen LogP contribution in [0, 0.1) is 0 Å². The number of benzene rings is 3. The molecule has 0 spiro atoms. The monoisotopic (exact) mass is 390 g/mol. The first-order valence-corrected chi connectivity index (χ1v) is 9.56. The van der Waals surface area contributed by atoms with Crippen LogP contribution >= 0.6 is 11.3 Å². The van der Waals surface area contributed by atoms with Crippen LogP contribution in [0.5, 0.6) is 11.5 Å². The first-order chi connectivity index (χ1) is 13.6. The van der Waals surface area contributed by atoms with Crippen LogP contribution in [0.4, 0.5) is 5.69 Å². The smallest absolute Gasteiger partial charge is 0.228 e. The molecule has 0 saturated heterocycles. The maximum absolute atomic E-state index is 12.4. The zero-order chi connectivity index (χ0) is 19.5. The van der Waals surface area contributed by atoms with Gasteiger partial charge in [-0.1, -0.05) is 24.3 Å². The summed E-state index contributed by atoms with van der Waals surface area (Å²) in [7, 11) is 1.61. The van der Waals surface area contributed by atoms with Crippen molar-refractivity contribution in [1.82, 2.24) is 4.98 Å². The van der Waals surface area contributed by atoms with E-state index in [1.165, 1.54) is 11.3 Å². The van der Waals surface area contributed by atoms with Crippen molar-refractivity contribution in [3.63, 3.8) is 0 Å². The van der Waals surface area contributed by atoms with Crippen molar-refractivity contribution in [2.75, 3.05) is 12.4 Å². The summed E-state index contributed by atoms with van der Waals surface area (Å²) in [6.45, 7) is 0. The number of carbonyl (C=O) groups excluding carboxylic acids is 1. The Bertz CT molecular complexity index is 1100. The van der Waals surface area contributed by atoms with Crippen LogP contribution in [0.3, 0.4) is 0 Å². The van der Waals surface area contributed by atoms with Gasteiger partial charge in [-0.05, 0) is 48.0 Å². The van der Waals surface area contributed by atoms with Gasteiger partial charge in [-0.3, -0.25) is 4.79 Å². The number of ether oxygens (including phenoxy) is 1. The highest BCUT2D eigenvalue weighted by atomic mass is 32.1. The van der Waals surface area contributed by atoms with Gasteiger partial charge in [0, 0.05) is 5.69 Å². The Labute approximate surface area is 166 Å². The third kappa shape index (κ3) is 3.82. The van der Waals surface area contributed by atoms with Gasteiger partial charge in [0.15, 0.2) is 0 Å². The molecule has 4 rings (SSSR count). The van der Waals surface area contributed by atoms with Crippen molar-refractivity contribution in [2.45, 2.75) is 6.42 Å². The van der Waals surface area contributed by atoms with E-state index in [0.29, 0.717) is 16.3 Å². The molecule has 0 unspecified atom stereocenters. The number of phenolic OH excluding ortho intramolecular Hbond substituents is 1. The van der Waals surface area contributed by atoms with E-state index in [1.807, 2.05) is 48.5 Å². The van der Waals surface area contributed by atoms with E-state index in [-0.39, 0.29) is 18.1 Å². The highest BCUT2D eigenvalue weighted by molar-refractivity contribution is 7.21. The molecule has 0 bridgehead atoms. The number of para-hydroxylation sites is 1. The summed E-state index contributed by atoms with van der Waals surface area (Å²) in [4.78, 5) is 17.0. The summed E-state index contributed by atoms with van der Waals surface area (Å²) >= 11 is 1.50. The normalized spacial score (nSPS) is 10.8. The Morgan fingerprint density at radius 3 is 2.64 bits per heavy atom. The van der Waals surface area contributed by atoms with Gasteiger partial charge in [-0.25, -0.2) is 4.98 Å². The number of phenols is 1. The van der Waals surface area contributed by atoms with E-state index in [0.717, 1.165) is 21.5 Å². The number of rotatable bonds is 5. The van der Waals surface area contributed by atoms with Crippen LogP contribution in [0.1, 0.15) is 5.56 Å². The molecule has 0 aliphatic heterocycles. The zero-order valence-corrected chi connectivity index (χ0v) is 16.0.